The standard InChI is InChI=1S/C11H16BrNO2/c1-9(2)10(3)4-5-11(9,8(13)15)6(12)7(10)14/h6H,4-5H2,1-3H3,(H2,13,15)/t6-,10-,11-/m1/s1. The highest BCUT2D eigenvalue weighted by Gasteiger charge is 2.76. The van der Waals surface area contributed by atoms with Crippen LogP contribution < -0.4 is 5.73 Å². The van der Waals surface area contributed by atoms with E-state index in [1.807, 2.05) is 20.8 Å². The Morgan fingerprint density at radius 1 is 1.40 bits per heavy atom. The molecule has 1 amide bonds. The number of amides is 1. The van der Waals surface area contributed by atoms with Gasteiger partial charge in [-0.05, 0) is 18.3 Å². The zero-order valence-corrected chi connectivity index (χ0v) is 10.8. The summed E-state index contributed by atoms with van der Waals surface area (Å²) >= 11 is 3.38. The van der Waals surface area contributed by atoms with Crippen LogP contribution in [0.3, 0.4) is 0 Å². The molecule has 2 N–H and O–H groups in total. The Morgan fingerprint density at radius 3 is 2.20 bits per heavy atom. The smallest absolute Gasteiger partial charge is 0.225 e. The van der Waals surface area contributed by atoms with Crippen molar-refractivity contribution < 1.29 is 9.59 Å². The van der Waals surface area contributed by atoms with Crippen LogP contribution in [0, 0.1) is 16.2 Å². The summed E-state index contributed by atoms with van der Waals surface area (Å²) in [5, 5.41) is 0. The largest absolute Gasteiger partial charge is 0.369 e. The Kier molecular flexibility index (Phi) is 1.96. The van der Waals surface area contributed by atoms with Gasteiger partial charge < -0.3 is 5.73 Å². The molecule has 0 aromatic rings. The topological polar surface area (TPSA) is 60.2 Å². The van der Waals surface area contributed by atoms with Crippen molar-refractivity contribution in [2.75, 3.05) is 0 Å². The normalized spacial score (nSPS) is 47.2. The number of carbonyl (C=O) groups is 2. The molecule has 0 unspecified atom stereocenters. The van der Waals surface area contributed by atoms with E-state index in [2.05, 4.69) is 15.9 Å². The summed E-state index contributed by atoms with van der Waals surface area (Å²) < 4.78 is 0. The van der Waals surface area contributed by atoms with Gasteiger partial charge in [-0.1, -0.05) is 36.7 Å². The Balaban J connectivity index is 2.68. The third kappa shape index (κ3) is 0.846. The molecule has 84 valence electrons. The van der Waals surface area contributed by atoms with E-state index in [-0.39, 0.29) is 17.1 Å². The molecule has 3 atom stereocenters. The van der Waals surface area contributed by atoms with Gasteiger partial charge in [0.05, 0.1) is 10.2 Å². The van der Waals surface area contributed by atoms with E-state index in [0.29, 0.717) is 6.42 Å². The first-order chi connectivity index (χ1) is 6.72. The number of carbonyl (C=O) groups excluding carboxylic acids is 2. The molecule has 3 nitrogen and oxygen atoms in total. The minimum Gasteiger partial charge on any atom is -0.369 e. The van der Waals surface area contributed by atoms with Crippen LogP contribution in [0.2, 0.25) is 0 Å². The minimum atomic E-state index is -0.696. The molecular weight excluding hydrogens is 258 g/mol. The van der Waals surface area contributed by atoms with E-state index in [1.54, 1.807) is 0 Å². The van der Waals surface area contributed by atoms with Crippen LogP contribution >= 0.6 is 15.9 Å². The van der Waals surface area contributed by atoms with Crippen LogP contribution in [-0.4, -0.2) is 16.5 Å². The maximum Gasteiger partial charge on any atom is 0.225 e. The molecule has 0 saturated heterocycles. The molecule has 2 fully saturated rings. The molecular formula is C11H16BrNO2. The lowest BCUT2D eigenvalue weighted by Crippen LogP contribution is -2.48. The van der Waals surface area contributed by atoms with Crippen LogP contribution in [0.15, 0.2) is 0 Å². The van der Waals surface area contributed by atoms with E-state index in [0.717, 1.165) is 6.42 Å². The van der Waals surface area contributed by atoms with Crippen molar-refractivity contribution in [3.63, 3.8) is 0 Å². The third-order valence-corrected chi connectivity index (χ3v) is 6.36. The molecule has 0 spiro atoms. The minimum absolute atomic E-state index is 0.137. The molecule has 2 rings (SSSR count). The summed E-state index contributed by atoms with van der Waals surface area (Å²) in [7, 11) is 0. The van der Waals surface area contributed by atoms with Crippen molar-refractivity contribution in [3.05, 3.63) is 0 Å². The van der Waals surface area contributed by atoms with Gasteiger partial charge in [-0.15, -0.1) is 0 Å². The van der Waals surface area contributed by atoms with Crippen molar-refractivity contribution >= 4 is 27.6 Å². The van der Waals surface area contributed by atoms with Gasteiger partial charge in [0.2, 0.25) is 5.91 Å². The van der Waals surface area contributed by atoms with E-state index < -0.39 is 15.7 Å². The van der Waals surface area contributed by atoms with Crippen molar-refractivity contribution in [2.24, 2.45) is 22.0 Å². The molecule has 0 heterocycles. The number of fused-ring (bicyclic) bond motifs is 2. The summed E-state index contributed by atoms with van der Waals surface area (Å²) in [6.45, 7) is 5.94. The second-order valence-electron chi connectivity index (χ2n) is 5.52. The predicted octanol–water partition coefficient (Wildman–Crippen LogP) is 1.63. The lowest BCUT2D eigenvalue weighted by Gasteiger charge is -2.38. The zero-order chi connectivity index (χ0) is 11.6. The second kappa shape index (κ2) is 2.65. The van der Waals surface area contributed by atoms with Crippen LogP contribution in [0.25, 0.3) is 0 Å². The number of alkyl halides is 1. The van der Waals surface area contributed by atoms with Gasteiger partial charge in [0, 0.05) is 5.41 Å². The Morgan fingerprint density at radius 2 is 1.93 bits per heavy atom. The first-order valence-corrected chi connectivity index (χ1v) is 6.12. The molecule has 2 saturated carbocycles. The highest BCUT2D eigenvalue weighted by atomic mass is 79.9. The van der Waals surface area contributed by atoms with Crippen LogP contribution in [0.5, 0.6) is 0 Å². The summed E-state index contributed by atoms with van der Waals surface area (Å²) in [5.41, 5.74) is 4.08. The van der Waals surface area contributed by atoms with Gasteiger partial charge in [-0.3, -0.25) is 9.59 Å². The number of nitrogens with two attached hydrogens (primary N) is 1. The molecule has 2 aliphatic carbocycles. The quantitative estimate of drug-likeness (QED) is 0.739. The molecule has 2 bridgehead atoms. The van der Waals surface area contributed by atoms with Crippen molar-refractivity contribution in [1.82, 2.24) is 0 Å². The van der Waals surface area contributed by atoms with Crippen molar-refractivity contribution in [2.45, 2.75) is 38.4 Å². The summed E-state index contributed by atoms with van der Waals surface area (Å²) in [4.78, 5) is 23.5. The van der Waals surface area contributed by atoms with E-state index >= 15 is 0 Å². The van der Waals surface area contributed by atoms with Gasteiger partial charge in [-0.2, -0.15) is 0 Å². The maximum absolute atomic E-state index is 12.2. The Hall–Kier alpha value is -0.380. The lowest BCUT2D eigenvalue weighted by atomic mass is 9.65. The van der Waals surface area contributed by atoms with Gasteiger partial charge in [0.25, 0.3) is 0 Å². The van der Waals surface area contributed by atoms with E-state index in [4.69, 9.17) is 5.73 Å². The fourth-order valence-corrected chi connectivity index (χ4v) is 5.03. The van der Waals surface area contributed by atoms with Gasteiger partial charge in [0.15, 0.2) is 5.78 Å². The number of primary amides is 1. The lowest BCUT2D eigenvalue weighted by molar-refractivity contribution is -0.132. The van der Waals surface area contributed by atoms with Crippen molar-refractivity contribution in [3.8, 4) is 0 Å². The van der Waals surface area contributed by atoms with Gasteiger partial charge in [0.1, 0.15) is 0 Å². The molecule has 0 aromatic heterocycles. The fraction of sp³-hybridized carbons (Fsp3) is 0.818. The SMILES string of the molecule is CC1(C)[C@]2(C(N)=O)CC[C@]1(C)C(=O)[C@H]2Br. The average molecular weight is 274 g/mol. The molecule has 0 aliphatic heterocycles. The van der Waals surface area contributed by atoms with Gasteiger partial charge in [-0.25, -0.2) is 0 Å². The number of Topliss-reactive ketones (excluding diaryl/α,β-unsaturated/α-hetero) is 1. The second-order valence-corrected chi connectivity index (χ2v) is 6.44. The summed E-state index contributed by atoms with van der Waals surface area (Å²) in [6, 6.07) is 0. The van der Waals surface area contributed by atoms with Crippen molar-refractivity contribution in [1.29, 1.82) is 0 Å². The molecule has 15 heavy (non-hydrogen) atoms. The van der Waals surface area contributed by atoms with Crippen LogP contribution in [0.4, 0.5) is 0 Å². The highest BCUT2D eigenvalue weighted by molar-refractivity contribution is 9.10. The molecule has 4 heteroatoms. The third-order valence-electron chi connectivity index (χ3n) is 5.16. The van der Waals surface area contributed by atoms with Crippen LogP contribution in [-0.2, 0) is 9.59 Å². The maximum atomic E-state index is 12.2. The van der Waals surface area contributed by atoms with E-state index in [1.165, 1.54) is 0 Å². The number of halogens is 1. The number of hydrogen-bond donors (Lipinski definition) is 1. The number of rotatable bonds is 1. The zero-order valence-electron chi connectivity index (χ0n) is 9.26. The first-order valence-electron chi connectivity index (χ1n) is 5.20. The predicted molar refractivity (Wildman–Crippen MR) is 60.5 cm³/mol. The molecule has 0 aromatic carbocycles. The van der Waals surface area contributed by atoms with E-state index in [9.17, 15) is 9.59 Å². The van der Waals surface area contributed by atoms with Gasteiger partial charge >= 0.3 is 0 Å². The molecule has 2 aliphatic rings. The Bertz CT molecular complexity index is 366. The summed E-state index contributed by atoms with van der Waals surface area (Å²) in [5.74, 6) is -0.207. The number of hydrogen-bond acceptors (Lipinski definition) is 2. The molecule has 0 radical (unpaired) electrons. The fourth-order valence-electron chi connectivity index (χ4n) is 3.50. The summed E-state index contributed by atoms with van der Waals surface area (Å²) in [6.07, 6.45) is 1.48. The Labute approximate surface area is 97.9 Å². The number of ketones is 1. The monoisotopic (exact) mass is 273 g/mol. The first kappa shape index (κ1) is 11.1. The average Bonchev–Trinajstić information content (AvgIpc) is 2.39. The van der Waals surface area contributed by atoms with Crippen LogP contribution in [0.1, 0.15) is 33.6 Å². The highest BCUT2D eigenvalue weighted by Crippen LogP contribution is 2.71.